The fraction of sp³-hybridized carbons (Fsp3) is 0.692. The van der Waals surface area contributed by atoms with Crippen molar-refractivity contribution in [3.05, 3.63) is 0 Å². The van der Waals surface area contributed by atoms with Gasteiger partial charge in [-0.25, -0.2) is 4.99 Å². The lowest BCUT2D eigenvalue weighted by atomic mass is 9.67. The number of hydrogen-bond donors (Lipinski definition) is 1. The monoisotopic (exact) mass is 262 g/mol. The fourth-order valence-corrected chi connectivity index (χ4v) is 3.12. The summed E-state index contributed by atoms with van der Waals surface area (Å²) < 4.78 is 0. The molecule has 0 bridgehead atoms. The number of carbonyl (C=O) groups is 1. The highest BCUT2D eigenvalue weighted by molar-refractivity contribution is 5.97. The Morgan fingerprint density at radius 2 is 1.68 bits per heavy atom. The SMILES string of the molecule is N#CC1C(=O)N=C([O-])C(C#N)C1C1CCCCC1.[NH4+]. The van der Waals surface area contributed by atoms with Crippen molar-refractivity contribution in [2.24, 2.45) is 28.7 Å². The zero-order chi connectivity index (χ0) is 13.1. The van der Waals surface area contributed by atoms with Crippen molar-refractivity contribution in [1.82, 2.24) is 6.15 Å². The smallest absolute Gasteiger partial charge is 0.262 e. The summed E-state index contributed by atoms with van der Waals surface area (Å²) in [5, 5.41) is 29.9. The summed E-state index contributed by atoms with van der Waals surface area (Å²) in [7, 11) is 0. The quantitative estimate of drug-likeness (QED) is 0.757. The van der Waals surface area contributed by atoms with Crippen LogP contribution in [-0.2, 0) is 4.79 Å². The molecule has 1 heterocycles. The van der Waals surface area contributed by atoms with Gasteiger partial charge in [0.1, 0.15) is 5.92 Å². The van der Waals surface area contributed by atoms with Crippen molar-refractivity contribution in [1.29, 1.82) is 10.5 Å². The van der Waals surface area contributed by atoms with Crippen LogP contribution in [0.5, 0.6) is 0 Å². The predicted octanol–water partition coefficient (Wildman–Crippen LogP) is 1.14. The average molecular weight is 262 g/mol. The first-order chi connectivity index (χ1) is 8.69. The minimum Gasteiger partial charge on any atom is -0.861 e. The maximum Gasteiger partial charge on any atom is 0.262 e. The molecule has 0 aromatic rings. The van der Waals surface area contributed by atoms with Gasteiger partial charge >= 0.3 is 0 Å². The molecule has 1 saturated carbocycles. The van der Waals surface area contributed by atoms with Crippen LogP contribution in [-0.4, -0.2) is 11.8 Å². The molecule has 3 unspecified atom stereocenters. The molecule has 0 aromatic carbocycles. The molecule has 0 saturated heterocycles. The van der Waals surface area contributed by atoms with Gasteiger partial charge in [0, 0.05) is 5.92 Å². The lowest BCUT2D eigenvalue weighted by Gasteiger charge is -2.38. The summed E-state index contributed by atoms with van der Waals surface area (Å²) in [5.74, 6) is -3.51. The summed E-state index contributed by atoms with van der Waals surface area (Å²) in [4.78, 5) is 14.9. The third-order valence-corrected chi connectivity index (χ3v) is 3.99. The molecule has 4 N–H and O–H groups in total. The summed E-state index contributed by atoms with van der Waals surface area (Å²) in [5.41, 5.74) is 0. The molecule has 6 nitrogen and oxygen atoms in total. The van der Waals surface area contributed by atoms with Gasteiger partial charge in [-0.15, -0.1) is 0 Å². The van der Waals surface area contributed by atoms with Crippen molar-refractivity contribution in [3.8, 4) is 12.1 Å². The van der Waals surface area contributed by atoms with Gasteiger partial charge in [-0.05, 0) is 11.8 Å². The van der Waals surface area contributed by atoms with E-state index in [1.807, 2.05) is 12.1 Å². The summed E-state index contributed by atoms with van der Waals surface area (Å²) in [6, 6.07) is 3.88. The molecule has 3 atom stereocenters. The number of amides is 1. The van der Waals surface area contributed by atoms with Gasteiger partial charge in [-0.3, -0.25) is 4.79 Å². The first-order valence-corrected chi connectivity index (χ1v) is 6.27. The van der Waals surface area contributed by atoms with Gasteiger partial charge in [-0.2, -0.15) is 10.5 Å². The standard InChI is InChI=1S/C13H15N3O2.H3N/c14-6-9-11(8-4-2-1-3-5-8)10(7-15)13(18)16-12(9)17;/h8-11H,1-5H2,(H,16,17,18);1H3. The van der Waals surface area contributed by atoms with Crippen LogP contribution in [0.4, 0.5) is 0 Å². The van der Waals surface area contributed by atoms with E-state index in [2.05, 4.69) is 4.99 Å². The number of aliphatic imine (C=N–C) groups is 1. The van der Waals surface area contributed by atoms with E-state index < -0.39 is 29.6 Å². The van der Waals surface area contributed by atoms with Crippen LogP contribution >= 0.6 is 0 Å². The Morgan fingerprint density at radius 3 is 2.21 bits per heavy atom. The van der Waals surface area contributed by atoms with Crippen molar-refractivity contribution >= 4 is 11.8 Å². The third kappa shape index (κ3) is 2.74. The highest BCUT2D eigenvalue weighted by atomic mass is 16.3. The Hall–Kier alpha value is -1.92. The number of quaternary nitrogens is 1. The molecule has 0 radical (unpaired) electrons. The minimum atomic E-state index is -0.921. The van der Waals surface area contributed by atoms with Crippen LogP contribution < -0.4 is 11.3 Å². The first kappa shape index (κ1) is 15.1. The first-order valence-electron chi connectivity index (χ1n) is 6.27. The van der Waals surface area contributed by atoms with E-state index in [-0.39, 0.29) is 12.1 Å². The number of rotatable bonds is 1. The van der Waals surface area contributed by atoms with Gasteiger partial charge in [0.2, 0.25) is 0 Å². The number of hydrogen-bond acceptors (Lipinski definition) is 4. The normalized spacial score (nSPS) is 31.6. The zero-order valence-corrected chi connectivity index (χ0v) is 11.0. The van der Waals surface area contributed by atoms with Crippen LogP contribution in [0.15, 0.2) is 4.99 Å². The Morgan fingerprint density at radius 1 is 1.11 bits per heavy atom. The highest BCUT2D eigenvalue weighted by Crippen LogP contribution is 2.40. The zero-order valence-electron chi connectivity index (χ0n) is 11.0. The maximum atomic E-state index is 11.6. The van der Waals surface area contributed by atoms with Gasteiger partial charge in [0.05, 0.1) is 18.1 Å². The van der Waals surface area contributed by atoms with E-state index in [4.69, 9.17) is 10.5 Å². The van der Waals surface area contributed by atoms with Gasteiger partial charge in [-0.1, -0.05) is 32.1 Å². The lowest BCUT2D eigenvalue weighted by Crippen LogP contribution is -2.46. The second kappa shape index (κ2) is 6.31. The minimum absolute atomic E-state index is 0. The topological polar surface area (TPSA) is 137 Å². The van der Waals surface area contributed by atoms with Crippen LogP contribution in [0, 0.1) is 46.3 Å². The van der Waals surface area contributed by atoms with Crippen molar-refractivity contribution in [2.75, 3.05) is 0 Å². The van der Waals surface area contributed by atoms with Gasteiger partial charge in [0.15, 0.2) is 0 Å². The molecule has 1 aliphatic heterocycles. The molecule has 1 fully saturated rings. The molecule has 1 amide bonds. The van der Waals surface area contributed by atoms with Gasteiger partial charge in [0.25, 0.3) is 5.91 Å². The van der Waals surface area contributed by atoms with E-state index in [0.717, 1.165) is 32.1 Å². The molecule has 6 heteroatoms. The van der Waals surface area contributed by atoms with E-state index in [1.54, 1.807) is 0 Å². The molecule has 0 spiro atoms. The molecular formula is C13H18N4O2. The number of nitriles is 2. The van der Waals surface area contributed by atoms with Crippen molar-refractivity contribution < 1.29 is 9.90 Å². The molecule has 19 heavy (non-hydrogen) atoms. The molecule has 0 aromatic heterocycles. The molecule has 2 rings (SSSR count). The summed E-state index contributed by atoms with van der Waals surface area (Å²) in [6.07, 6.45) is 5.00. The van der Waals surface area contributed by atoms with Crippen molar-refractivity contribution in [2.45, 2.75) is 32.1 Å². The Bertz CT molecular complexity index is 454. The second-order valence-corrected chi connectivity index (χ2v) is 4.98. The Balaban J connectivity index is 0.00000180. The maximum absolute atomic E-state index is 11.6. The van der Waals surface area contributed by atoms with E-state index in [1.165, 1.54) is 0 Å². The van der Waals surface area contributed by atoms with Crippen LogP contribution in [0.2, 0.25) is 0 Å². The van der Waals surface area contributed by atoms with Crippen LogP contribution in [0.25, 0.3) is 0 Å². The molecule has 2 aliphatic rings. The van der Waals surface area contributed by atoms with Crippen LogP contribution in [0.3, 0.4) is 0 Å². The van der Waals surface area contributed by atoms with Gasteiger partial charge < -0.3 is 11.3 Å². The molecule has 1 aliphatic carbocycles. The van der Waals surface area contributed by atoms with E-state index in [0.29, 0.717) is 0 Å². The largest absolute Gasteiger partial charge is 0.861 e. The summed E-state index contributed by atoms with van der Waals surface area (Å²) in [6.45, 7) is 0. The lowest BCUT2D eigenvalue weighted by molar-refractivity contribution is -0.226. The third-order valence-electron chi connectivity index (χ3n) is 3.99. The molecule has 102 valence electrons. The number of carbonyl (C=O) groups excluding carboxylic acids is 1. The fourth-order valence-electron chi connectivity index (χ4n) is 3.12. The second-order valence-electron chi connectivity index (χ2n) is 4.98. The molecular weight excluding hydrogens is 244 g/mol. The summed E-state index contributed by atoms with van der Waals surface area (Å²) >= 11 is 0. The Kier molecular flexibility index (Phi) is 5.02. The van der Waals surface area contributed by atoms with E-state index in [9.17, 15) is 9.90 Å². The predicted molar refractivity (Wildman–Crippen MR) is 66.7 cm³/mol. The average Bonchev–Trinajstić information content (AvgIpc) is 2.39. The van der Waals surface area contributed by atoms with Crippen LogP contribution in [0.1, 0.15) is 32.1 Å². The van der Waals surface area contributed by atoms with Crippen molar-refractivity contribution in [3.63, 3.8) is 0 Å². The highest BCUT2D eigenvalue weighted by Gasteiger charge is 2.43. The number of nitrogens with zero attached hydrogens (tertiary/aromatic N) is 3. The van der Waals surface area contributed by atoms with E-state index >= 15 is 0 Å². The Labute approximate surface area is 112 Å².